The third-order valence-electron chi connectivity index (χ3n) is 5.08. The highest BCUT2D eigenvalue weighted by Crippen LogP contribution is 2.40. The quantitative estimate of drug-likeness (QED) is 0.398. The largest absolute Gasteiger partial charge is 0.438 e. The van der Waals surface area contributed by atoms with Crippen LogP contribution in [0.15, 0.2) is 42.5 Å². The fourth-order valence-corrected chi connectivity index (χ4v) is 5.12. The number of fused-ring (bicyclic) bond motifs is 4. The Balaban J connectivity index is 1.64. The highest BCUT2D eigenvalue weighted by molar-refractivity contribution is 7.18. The lowest BCUT2D eigenvalue weighted by Crippen LogP contribution is -1.96. The van der Waals surface area contributed by atoms with Crippen molar-refractivity contribution in [2.75, 3.05) is 0 Å². The molecule has 1 aliphatic rings. The summed E-state index contributed by atoms with van der Waals surface area (Å²) >= 11 is 1.82. The van der Waals surface area contributed by atoms with Crippen molar-refractivity contribution in [3.63, 3.8) is 0 Å². The molecule has 4 aromatic rings. The fraction of sp³-hybridized carbons (Fsp3) is 0.273. The molecule has 0 bridgehead atoms. The lowest BCUT2D eigenvalue weighted by molar-refractivity contribution is 0.467. The minimum atomic E-state index is 0.710. The standard InChI is InChI=1S/C22H20N2OS/c1-14-23-21(25-17-12-11-15-7-5-6-8-16(15)13-17)20-18-9-3-2-4-10-19(18)26-22(20)24-14/h5-8,11-13H,2-4,9-10H2,1H3. The van der Waals surface area contributed by atoms with Gasteiger partial charge in [-0.25, -0.2) is 4.98 Å². The van der Waals surface area contributed by atoms with Crippen molar-refractivity contribution < 1.29 is 4.74 Å². The molecule has 0 amide bonds. The van der Waals surface area contributed by atoms with Crippen LogP contribution in [0.4, 0.5) is 0 Å². The van der Waals surface area contributed by atoms with Crippen LogP contribution < -0.4 is 4.74 Å². The number of aromatic nitrogens is 2. The Kier molecular flexibility index (Phi) is 3.86. The van der Waals surface area contributed by atoms with Gasteiger partial charge in [0.2, 0.25) is 5.88 Å². The van der Waals surface area contributed by atoms with E-state index in [4.69, 9.17) is 9.72 Å². The van der Waals surface area contributed by atoms with Crippen LogP contribution in [0.3, 0.4) is 0 Å². The Morgan fingerprint density at radius 1 is 0.923 bits per heavy atom. The number of hydrogen-bond donors (Lipinski definition) is 0. The second kappa shape index (κ2) is 6.36. The summed E-state index contributed by atoms with van der Waals surface area (Å²) in [4.78, 5) is 11.9. The molecule has 0 saturated heterocycles. The molecule has 0 saturated carbocycles. The van der Waals surface area contributed by atoms with Crippen LogP contribution in [0.5, 0.6) is 11.6 Å². The topological polar surface area (TPSA) is 35.0 Å². The molecular formula is C22H20N2OS. The molecule has 2 aromatic heterocycles. The molecule has 0 N–H and O–H groups in total. The van der Waals surface area contributed by atoms with Gasteiger partial charge in [0, 0.05) is 4.88 Å². The minimum absolute atomic E-state index is 0.710. The number of benzene rings is 2. The van der Waals surface area contributed by atoms with Crippen molar-refractivity contribution >= 4 is 32.3 Å². The maximum atomic E-state index is 6.30. The van der Waals surface area contributed by atoms with Crippen molar-refractivity contribution in [1.82, 2.24) is 9.97 Å². The Morgan fingerprint density at radius 2 is 1.77 bits per heavy atom. The molecule has 0 unspecified atom stereocenters. The lowest BCUT2D eigenvalue weighted by Gasteiger charge is -2.09. The number of aryl methyl sites for hydroxylation is 3. The average molecular weight is 360 g/mol. The first-order valence-electron chi connectivity index (χ1n) is 9.23. The number of hydrogen-bond acceptors (Lipinski definition) is 4. The smallest absolute Gasteiger partial charge is 0.231 e. The second-order valence-corrected chi connectivity index (χ2v) is 8.02. The zero-order valence-electron chi connectivity index (χ0n) is 14.8. The van der Waals surface area contributed by atoms with Gasteiger partial charge < -0.3 is 4.74 Å². The summed E-state index contributed by atoms with van der Waals surface area (Å²) in [7, 11) is 0. The van der Waals surface area contributed by atoms with Gasteiger partial charge in [-0.15, -0.1) is 11.3 Å². The first kappa shape index (κ1) is 15.8. The molecule has 2 heterocycles. The van der Waals surface area contributed by atoms with Crippen molar-refractivity contribution in [3.05, 3.63) is 58.7 Å². The first-order valence-corrected chi connectivity index (χ1v) is 10.0. The summed E-state index contributed by atoms with van der Waals surface area (Å²) in [5.74, 6) is 2.31. The Labute approximate surface area is 156 Å². The van der Waals surface area contributed by atoms with E-state index in [0.29, 0.717) is 5.88 Å². The van der Waals surface area contributed by atoms with Crippen LogP contribution >= 0.6 is 11.3 Å². The van der Waals surface area contributed by atoms with Crippen molar-refractivity contribution in [2.24, 2.45) is 0 Å². The minimum Gasteiger partial charge on any atom is -0.438 e. The van der Waals surface area contributed by atoms with E-state index in [0.717, 1.165) is 34.6 Å². The summed E-state index contributed by atoms with van der Waals surface area (Å²) in [6.45, 7) is 1.94. The van der Waals surface area contributed by atoms with Crippen molar-refractivity contribution in [2.45, 2.75) is 39.0 Å². The van der Waals surface area contributed by atoms with Gasteiger partial charge >= 0.3 is 0 Å². The SMILES string of the molecule is Cc1nc(Oc2ccc3ccccc3c2)c2c3c(sc2n1)CCCCC3. The normalized spacial score (nSPS) is 14.3. The molecule has 130 valence electrons. The lowest BCUT2D eigenvalue weighted by atomic mass is 10.1. The van der Waals surface area contributed by atoms with Gasteiger partial charge in [-0.2, -0.15) is 4.98 Å². The summed E-state index contributed by atoms with van der Waals surface area (Å²) in [6, 6.07) is 14.5. The van der Waals surface area contributed by atoms with Gasteiger partial charge in [0.1, 0.15) is 16.4 Å². The molecule has 4 heteroatoms. The molecule has 0 radical (unpaired) electrons. The highest BCUT2D eigenvalue weighted by Gasteiger charge is 2.21. The molecule has 0 aliphatic heterocycles. The van der Waals surface area contributed by atoms with Crippen molar-refractivity contribution in [1.29, 1.82) is 0 Å². The van der Waals surface area contributed by atoms with Crippen LogP contribution in [0.1, 0.15) is 35.5 Å². The summed E-state index contributed by atoms with van der Waals surface area (Å²) in [5, 5.41) is 3.52. The number of ether oxygens (including phenoxy) is 1. The maximum Gasteiger partial charge on any atom is 0.231 e. The Hall–Kier alpha value is -2.46. The number of rotatable bonds is 2. The Morgan fingerprint density at radius 3 is 2.69 bits per heavy atom. The van der Waals surface area contributed by atoms with Crippen LogP contribution in [-0.4, -0.2) is 9.97 Å². The van der Waals surface area contributed by atoms with Crippen LogP contribution in [0.2, 0.25) is 0 Å². The summed E-state index contributed by atoms with van der Waals surface area (Å²) in [5.41, 5.74) is 1.42. The molecule has 26 heavy (non-hydrogen) atoms. The molecular weight excluding hydrogens is 340 g/mol. The van der Waals surface area contributed by atoms with E-state index in [1.54, 1.807) is 0 Å². The van der Waals surface area contributed by atoms with E-state index in [-0.39, 0.29) is 0 Å². The monoisotopic (exact) mass is 360 g/mol. The van der Waals surface area contributed by atoms with Gasteiger partial charge in [-0.05, 0) is 61.1 Å². The number of thiophene rings is 1. The van der Waals surface area contributed by atoms with Gasteiger partial charge in [0.05, 0.1) is 5.39 Å². The molecule has 0 atom stereocenters. The van der Waals surface area contributed by atoms with Gasteiger partial charge in [0.25, 0.3) is 0 Å². The van der Waals surface area contributed by atoms with E-state index in [2.05, 4.69) is 41.4 Å². The molecule has 0 spiro atoms. The van der Waals surface area contributed by atoms with Gasteiger partial charge in [-0.1, -0.05) is 36.8 Å². The third-order valence-corrected chi connectivity index (χ3v) is 6.26. The highest BCUT2D eigenvalue weighted by atomic mass is 32.1. The fourth-order valence-electron chi connectivity index (χ4n) is 3.82. The van der Waals surface area contributed by atoms with E-state index in [9.17, 15) is 0 Å². The molecule has 1 aliphatic carbocycles. The van der Waals surface area contributed by atoms with E-state index in [1.165, 1.54) is 40.5 Å². The summed E-state index contributed by atoms with van der Waals surface area (Å²) < 4.78 is 6.30. The zero-order valence-corrected chi connectivity index (χ0v) is 15.6. The third kappa shape index (κ3) is 2.74. The van der Waals surface area contributed by atoms with E-state index < -0.39 is 0 Å². The number of nitrogens with zero attached hydrogens (tertiary/aromatic N) is 2. The van der Waals surface area contributed by atoms with Crippen LogP contribution in [0, 0.1) is 6.92 Å². The molecule has 0 fully saturated rings. The Bertz CT molecular complexity index is 1120. The van der Waals surface area contributed by atoms with Crippen LogP contribution in [-0.2, 0) is 12.8 Å². The first-order chi connectivity index (χ1) is 12.8. The van der Waals surface area contributed by atoms with Crippen LogP contribution in [0.25, 0.3) is 21.0 Å². The predicted octanol–water partition coefficient (Wildman–Crippen LogP) is 6.21. The van der Waals surface area contributed by atoms with Crippen molar-refractivity contribution in [3.8, 4) is 11.6 Å². The average Bonchev–Trinajstić information content (AvgIpc) is 2.83. The van der Waals surface area contributed by atoms with E-state index in [1.807, 2.05) is 24.3 Å². The molecule has 2 aromatic carbocycles. The van der Waals surface area contributed by atoms with Gasteiger partial charge in [-0.3, -0.25) is 0 Å². The zero-order chi connectivity index (χ0) is 17.5. The second-order valence-electron chi connectivity index (χ2n) is 6.93. The van der Waals surface area contributed by atoms with Gasteiger partial charge in [0.15, 0.2) is 0 Å². The molecule has 3 nitrogen and oxygen atoms in total. The molecule has 5 rings (SSSR count). The maximum absolute atomic E-state index is 6.30. The predicted molar refractivity (Wildman–Crippen MR) is 107 cm³/mol. The summed E-state index contributed by atoms with van der Waals surface area (Å²) in [6.07, 6.45) is 6.08. The van der Waals surface area contributed by atoms with E-state index >= 15 is 0 Å².